The Kier molecular flexibility index (Phi) is 13.2. The highest BCUT2D eigenvalue weighted by Gasteiger charge is 2.38. The van der Waals surface area contributed by atoms with Gasteiger partial charge < -0.3 is 52.8 Å². The molecule has 0 heterocycles. The van der Waals surface area contributed by atoms with Crippen molar-refractivity contribution in [2.45, 2.75) is 36.4 Å². The summed E-state index contributed by atoms with van der Waals surface area (Å²) in [4.78, 5) is 63.0. The van der Waals surface area contributed by atoms with Crippen LogP contribution in [-0.2, 0) is 28.7 Å². The zero-order valence-electron chi connectivity index (χ0n) is 22.2. The van der Waals surface area contributed by atoms with Crippen molar-refractivity contribution in [2.24, 2.45) is 17.2 Å². The van der Waals surface area contributed by atoms with Gasteiger partial charge >= 0.3 is 30.2 Å². The highest BCUT2D eigenvalue weighted by Crippen LogP contribution is 2.44. The first-order valence-corrected chi connectivity index (χ1v) is 11.9. The van der Waals surface area contributed by atoms with Crippen LogP contribution in [0.4, 0.5) is 18.0 Å². The lowest BCUT2D eigenvalue weighted by atomic mass is 9.98. The van der Waals surface area contributed by atoms with Gasteiger partial charge in [-0.3, -0.25) is 14.4 Å². The van der Waals surface area contributed by atoms with E-state index in [9.17, 15) is 42.3 Å². The topological polar surface area (TPSA) is 303 Å². The van der Waals surface area contributed by atoms with Gasteiger partial charge in [0.2, 0.25) is 11.8 Å². The van der Waals surface area contributed by atoms with Gasteiger partial charge in [0.05, 0.1) is 0 Å². The molecule has 0 saturated heterocycles. The van der Waals surface area contributed by atoms with Gasteiger partial charge in [0.1, 0.15) is 12.6 Å². The molecule has 19 heteroatoms. The Morgan fingerprint density at radius 1 is 0.795 bits per heavy atom. The number of carboxylic acids is 3. The third-order valence-corrected chi connectivity index (χ3v) is 5.65. The van der Waals surface area contributed by atoms with Crippen LogP contribution in [0.5, 0.6) is 0 Å². The summed E-state index contributed by atoms with van der Waals surface area (Å²) in [6, 6.07) is 12.0. The minimum Gasteiger partial charge on any atom is -0.480 e. The quantitative estimate of drug-likeness (QED) is 0.155. The molecule has 3 amide bonds. The average Bonchev–Trinajstić information content (AvgIpc) is 3.27. The van der Waals surface area contributed by atoms with E-state index in [2.05, 4.69) is 5.73 Å². The Bertz CT molecular complexity index is 1320. The zero-order valence-corrected chi connectivity index (χ0v) is 22.2. The molecule has 0 saturated carbocycles. The van der Waals surface area contributed by atoms with Crippen molar-refractivity contribution in [3.8, 4) is 11.1 Å². The molecular weight excluding hydrogens is 605 g/mol. The van der Waals surface area contributed by atoms with Crippen LogP contribution in [-0.4, -0.2) is 98.4 Å². The normalized spacial score (nSPS) is 14.3. The SMILES string of the molecule is NC(=O)C(O)[C@H](N)C(=O)O.NC(=O)C(O)[C@H](NC(=O)OCC1c2ccccc2-c2ccccc21)C(=O)O.O=C(O)C(F)(F)F. The predicted octanol–water partition coefficient (Wildman–Crippen LogP) is -1.30. The molecule has 1 aliphatic rings. The number of primary amides is 2. The number of benzene rings is 2. The van der Waals surface area contributed by atoms with Gasteiger partial charge in [-0.1, -0.05) is 48.5 Å². The number of halogens is 3. The number of hydrogen-bond donors (Lipinski definition) is 9. The minimum absolute atomic E-state index is 0.0289. The van der Waals surface area contributed by atoms with Crippen molar-refractivity contribution < 1.29 is 72.2 Å². The van der Waals surface area contributed by atoms with Crippen LogP contribution in [0, 0.1) is 0 Å². The fourth-order valence-electron chi connectivity index (χ4n) is 3.52. The number of alkyl halides is 3. The van der Waals surface area contributed by atoms with Gasteiger partial charge in [0.15, 0.2) is 18.2 Å². The molecule has 12 N–H and O–H groups in total. The Morgan fingerprint density at radius 2 is 1.20 bits per heavy atom. The predicted molar refractivity (Wildman–Crippen MR) is 139 cm³/mol. The minimum atomic E-state index is -5.08. The van der Waals surface area contributed by atoms with Gasteiger partial charge in [-0.15, -0.1) is 0 Å². The lowest BCUT2D eigenvalue weighted by molar-refractivity contribution is -0.192. The number of rotatable bonds is 9. The number of nitrogens with two attached hydrogens (primary N) is 3. The van der Waals surface area contributed by atoms with E-state index in [4.69, 9.17) is 41.4 Å². The summed E-state index contributed by atoms with van der Waals surface area (Å²) < 4.78 is 36.9. The van der Waals surface area contributed by atoms with E-state index in [1.54, 1.807) is 0 Å². The Labute approximate surface area is 244 Å². The summed E-state index contributed by atoms with van der Waals surface area (Å²) in [7, 11) is 0. The number of amides is 3. The summed E-state index contributed by atoms with van der Waals surface area (Å²) in [6.45, 7) is -0.0289. The van der Waals surface area contributed by atoms with E-state index < -0.39 is 66.3 Å². The van der Waals surface area contributed by atoms with Crippen molar-refractivity contribution in [1.82, 2.24) is 5.32 Å². The number of aliphatic carboxylic acids is 3. The van der Waals surface area contributed by atoms with Gasteiger partial charge in [0, 0.05) is 5.92 Å². The number of carbonyl (C=O) groups excluding carboxylic acids is 3. The van der Waals surface area contributed by atoms with Crippen LogP contribution < -0.4 is 22.5 Å². The number of ether oxygens (including phenoxy) is 1. The van der Waals surface area contributed by atoms with Crippen LogP contribution in [0.15, 0.2) is 48.5 Å². The van der Waals surface area contributed by atoms with Crippen LogP contribution >= 0.6 is 0 Å². The lowest BCUT2D eigenvalue weighted by Crippen LogP contribution is -2.53. The third kappa shape index (κ3) is 10.2. The number of fused-ring (bicyclic) bond motifs is 3. The molecule has 240 valence electrons. The summed E-state index contributed by atoms with van der Waals surface area (Å²) in [5.41, 5.74) is 18.3. The van der Waals surface area contributed by atoms with Crippen molar-refractivity contribution in [3.05, 3.63) is 59.7 Å². The lowest BCUT2D eigenvalue weighted by Gasteiger charge is -2.19. The van der Waals surface area contributed by atoms with Crippen LogP contribution in [0.25, 0.3) is 11.1 Å². The van der Waals surface area contributed by atoms with Gasteiger partial charge in [-0.05, 0) is 22.3 Å². The molecule has 0 spiro atoms. The molecule has 16 nitrogen and oxygen atoms in total. The molecule has 4 atom stereocenters. The second-order valence-corrected chi connectivity index (χ2v) is 8.65. The Balaban J connectivity index is 0.000000469. The number of carboxylic acid groups (broad SMARTS) is 3. The number of aliphatic hydroxyl groups is 2. The number of carbonyl (C=O) groups is 6. The van der Waals surface area contributed by atoms with Crippen LogP contribution in [0.2, 0.25) is 0 Å². The number of aliphatic hydroxyl groups excluding tert-OH is 2. The number of nitrogens with one attached hydrogen (secondary N) is 1. The molecule has 2 aromatic rings. The van der Waals surface area contributed by atoms with E-state index in [0.29, 0.717) is 0 Å². The van der Waals surface area contributed by atoms with Gasteiger partial charge in [-0.25, -0.2) is 14.4 Å². The van der Waals surface area contributed by atoms with Crippen LogP contribution in [0.1, 0.15) is 17.0 Å². The molecular formula is C25H27F3N4O12. The van der Waals surface area contributed by atoms with Crippen molar-refractivity contribution in [2.75, 3.05) is 6.61 Å². The van der Waals surface area contributed by atoms with E-state index in [1.165, 1.54) is 0 Å². The molecule has 1 aliphatic carbocycles. The smallest absolute Gasteiger partial charge is 0.480 e. The monoisotopic (exact) mass is 632 g/mol. The van der Waals surface area contributed by atoms with Gasteiger partial charge in [0.25, 0.3) is 0 Å². The van der Waals surface area contributed by atoms with Crippen molar-refractivity contribution in [3.63, 3.8) is 0 Å². The second-order valence-electron chi connectivity index (χ2n) is 8.65. The maximum atomic E-state index is 12.0. The maximum Gasteiger partial charge on any atom is 0.490 e. The molecule has 0 bridgehead atoms. The average molecular weight is 633 g/mol. The highest BCUT2D eigenvalue weighted by atomic mass is 19.4. The second kappa shape index (κ2) is 15.8. The summed E-state index contributed by atoms with van der Waals surface area (Å²) >= 11 is 0. The third-order valence-electron chi connectivity index (χ3n) is 5.65. The summed E-state index contributed by atoms with van der Waals surface area (Å²) in [5.74, 6) is -8.43. The molecule has 2 aromatic carbocycles. The maximum absolute atomic E-state index is 12.0. The fraction of sp³-hybridized carbons (Fsp3) is 0.280. The van der Waals surface area contributed by atoms with Crippen molar-refractivity contribution >= 4 is 35.8 Å². The molecule has 0 aliphatic heterocycles. The van der Waals surface area contributed by atoms with E-state index in [0.717, 1.165) is 22.3 Å². The standard InChI is InChI=1S/C19H18N2O6.C4H8N2O4.C2HF3O2/c20-17(23)16(22)15(18(24)25)21-19(26)27-9-14-12-7-3-1-5-10(12)11-6-2-4-8-13(11)14;5-1(4(9)10)2(7)3(6)8;3-2(4,5)1(6)7/h1-8,14-16,22H,9H2,(H2,20,23)(H,21,26)(H,24,25);1-2,7H,5H2,(H2,6,8)(H,9,10);(H,6,7)/t15-,16?;1-,2?;/m00./s1. The Morgan fingerprint density at radius 3 is 1.52 bits per heavy atom. The molecule has 0 radical (unpaired) electrons. The van der Waals surface area contributed by atoms with Gasteiger partial charge in [-0.2, -0.15) is 13.2 Å². The highest BCUT2D eigenvalue weighted by molar-refractivity contribution is 5.90. The molecule has 0 fully saturated rings. The van der Waals surface area contributed by atoms with E-state index in [1.807, 2.05) is 53.8 Å². The first kappa shape index (κ1) is 36.8. The molecule has 44 heavy (non-hydrogen) atoms. The first-order chi connectivity index (χ1) is 20.3. The number of hydrogen-bond acceptors (Lipinski definition) is 10. The first-order valence-electron chi connectivity index (χ1n) is 11.9. The molecule has 0 aromatic heterocycles. The molecule has 2 unspecified atom stereocenters. The summed E-state index contributed by atoms with van der Waals surface area (Å²) in [5, 5.41) is 44.3. The number of alkyl carbamates (subject to hydrolysis) is 1. The molecule has 3 rings (SSSR count). The van der Waals surface area contributed by atoms with Crippen LogP contribution in [0.3, 0.4) is 0 Å². The fourth-order valence-corrected chi connectivity index (χ4v) is 3.52. The van der Waals surface area contributed by atoms with E-state index >= 15 is 0 Å². The zero-order chi connectivity index (χ0) is 33.9. The summed E-state index contributed by atoms with van der Waals surface area (Å²) in [6.07, 6.45) is -10.0. The van der Waals surface area contributed by atoms with Crippen molar-refractivity contribution in [1.29, 1.82) is 0 Å². The Hall–Kier alpha value is -5.27. The largest absolute Gasteiger partial charge is 0.490 e. The van der Waals surface area contributed by atoms with E-state index in [-0.39, 0.29) is 12.5 Å².